The standard InChI is InChI=1S/C61H63N13O12S6/c1-27(2)44-58-73-47(40(92-58)22-86-5)51(79)63-21-43(76)70-48(49(77)29-9-7-6-8-10-29)57-68-39(25-89-57)55-66-37(23-88-55)46-34(53-67-38(24-87-53)50(78)65-36(20-42(75)62-4)56-72-45(28(3)91-56)52(80)71-44)17-18-35(64-46)54-69-41(26-90-54)74(33-16-15-32(19-33)61(84)85)59(81)30-11-13-31(14-12-30)60(82)83/h6-10,17-18,23-27,30-33,36,44,48-49,77H,11-16,19-22H2,1-5H3,(H,62,75)(H,63,79)(H,65,78)(H,70,76)(H,71,80)(H,82,83)(H,84,85)/t30?,31?,32-,33?,36+,44?,48+,49+/m1/s1. The van der Waals surface area contributed by atoms with Crippen molar-refractivity contribution in [2.75, 3.05) is 25.6 Å². The second-order valence-electron chi connectivity index (χ2n) is 22.7. The number of benzene rings is 1. The molecule has 2 saturated carbocycles. The third kappa shape index (κ3) is 14.2. The Kier molecular flexibility index (Phi) is 20.1. The molecular weight excluding hydrogens is 1300 g/mol. The monoisotopic (exact) mass is 1360 g/mol. The number of aryl methyl sites for hydroxylation is 1. The molecule has 8 N–H and O–H groups in total. The number of nitrogens with one attached hydrogen (secondary N) is 5. The number of nitrogens with zero attached hydrogens (tertiary/aromatic N) is 8. The Bertz CT molecular complexity index is 4090. The van der Waals surface area contributed by atoms with Crippen molar-refractivity contribution < 1.29 is 58.4 Å². The van der Waals surface area contributed by atoms with Crippen molar-refractivity contribution in [3.8, 4) is 43.4 Å². The smallest absolute Gasteiger partial charge is 0.306 e. The van der Waals surface area contributed by atoms with Crippen molar-refractivity contribution >= 4 is 121 Å². The molecule has 10 bridgehead atoms. The maximum atomic E-state index is 14.6. The molecule has 1 aliphatic heterocycles. The number of aromatic nitrogens is 7. The van der Waals surface area contributed by atoms with E-state index in [2.05, 4.69) is 26.6 Å². The van der Waals surface area contributed by atoms with Crippen LogP contribution in [0.25, 0.3) is 43.4 Å². The van der Waals surface area contributed by atoms with Crippen molar-refractivity contribution in [3.63, 3.8) is 0 Å². The number of aliphatic hydroxyl groups is 1. The number of amides is 6. The van der Waals surface area contributed by atoms with E-state index in [-0.39, 0.29) is 53.4 Å². The van der Waals surface area contributed by atoms with Gasteiger partial charge in [-0.25, -0.2) is 34.9 Å². The lowest BCUT2D eigenvalue weighted by molar-refractivity contribution is -0.144. The lowest BCUT2D eigenvalue weighted by Crippen LogP contribution is -2.44. The zero-order valence-electron chi connectivity index (χ0n) is 50.2. The van der Waals surface area contributed by atoms with E-state index in [1.54, 1.807) is 75.8 Å². The zero-order chi connectivity index (χ0) is 65.1. The van der Waals surface area contributed by atoms with Crippen molar-refractivity contribution in [1.29, 1.82) is 0 Å². The second kappa shape index (κ2) is 28.4. The number of thiazole rings is 6. The molecular formula is C61H63N13O12S6. The van der Waals surface area contributed by atoms with Crippen molar-refractivity contribution in [2.45, 2.75) is 109 Å². The summed E-state index contributed by atoms with van der Waals surface area (Å²) < 4.78 is 5.46. The molecule has 2 unspecified atom stereocenters. The highest BCUT2D eigenvalue weighted by molar-refractivity contribution is 7.15. The Labute approximate surface area is 550 Å². The SMILES string of the molecule is CNC(=O)C[C@@H]1NC(=O)c2csc(n2)-c2ccc(-c3nc(N(C(=O)C4CCC(C(=O)O)CC4)C4CC[C@@H](C(=O)O)C4)cs3)nc2-c2csc(n2)-c2csc(n2)[C@H]([C@@H](O)c2ccccc2)NC(=O)CNC(=O)c2nc(sc2COC)C(C(C)C)NC(=O)c2nc1sc2C. The number of carbonyl (C=O) groups excluding carboxylic acids is 6. The highest BCUT2D eigenvalue weighted by atomic mass is 32.1. The third-order valence-electron chi connectivity index (χ3n) is 16.3. The van der Waals surface area contributed by atoms with Gasteiger partial charge in [-0.3, -0.25) is 43.3 Å². The number of carboxylic acid groups (broad SMARTS) is 2. The molecule has 7 aromatic heterocycles. The van der Waals surface area contributed by atoms with Crippen LogP contribution in [0.3, 0.4) is 0 Å². The summed E-state index contributed by atoms with van der Waals surface area (Å²) >= 11 is 7.08. The topological polar surface area (TPSA) is 360 Å². The first-order valence-electron chi connectivity index (χ1n) is 29.5. The van der Waals surface area contributed by atoms with Crippen LogP contribution < -0.4 is 31.5 Å². The summed E-state index contributed by atoms with van der Waals surface area (Å²) in [5, 5.41) is 54.8. The summed E-state index contributed by atoms with van der Waals surface area (Å²) in [4.78, 5) is 146. The fourth-order valence-corrected chi connectivity index (χ4v) is 16.9. The molecule has 480 valence electrons. The maximum Gasteiger partial charge on any atom is 0.306 e. The Morgan fingerprint density at radius 2 is 1.33 bits per heavy atom. The molecule has 31 heteroatoms. The van der Waals surface area contributed by atoms with Crippen molar-refractivity contribution in [2.24, 2.45) is 23.7 Å². The van der Waals surface area contributed by atoms with E-state index in [4.69, 9.17) is 39.6 Å². The van der Waals surface area contributed by atoms with Crippen LogP contribution in [0, 0.1) is 30.6 Å². The summed E-state index contributed by atoms with van der Waals surface area (Å²) in [5.41, 5.74) is 2.45. The third-order valence-corrected chi connectivity index (χ3v) is 22.0. The van der Waals surface area contributed by atoms with Gasteiger partial charge in [0.15, 0.2) is 0 Å². The number of pyridine rings is 1. The van der Waals surface area contributed by atoms with E-state index in [1.807, 2.05) is 13.8 Å². The predicted octanol–water partition coefficient (Wildman–Crippen LogP) is 8.79. The summed E-state index contributed by atoms with van der Waals surface area (Å²) in [5.74, 6) is -6.68. The largest absolute Gasteiger partial charge is 0.481 e. The quantitative estimate of drug-likeness (QED) is 0.0534. The van der Waals surface area contributed by atoms with Crippen LogP contribution in [0.4, 0.5) is 5.82 Å². The molecule has 0 saturated heterocycles. The van der Waals surface area contributed by atoms with Gasteiger partial charge in [-0.15, -0.1) is 68.0 Å². The van der Waals surface area contributed by atoms with Crippen LogP contribution in [0.1, 0.15) is 151 Å². The van der Waals surface area contributed by atoms with Gasteiger partial charge < -0.3 is 46.6 Å². The van der Waals surface area contributed by atoms with E-state index in [0.717, 1.165) is 34.0 Å². The molecule has 0 spiro atoms. The van der Waals surface area contributed by atoms with Crippen LogP contribution in [0.5, 0.6) is 0 Å². The van der Waals surface area contributed by atoms with E-state index in [1.165, 1.54) is 48.2 Å². The molecule has 8 aromatic rings. The lowest BCUT2D eigenvalue weighted by atomic mass is 9.81. The van der Waals surface area contributed by atoms with Gasteiger partial charge in [0, 0.05) is 58.1 Å². The Balaban J connectivity index is 0.987. The fraction of sp³-hybridized carbons (Fsp3) is 0.393. The van der Waals surface area contributed by atoms with Crippen LogP contribution >= 0.6 is 68.0 Å². The Morgan fingerprint density at radius 3 is 2.04 bits per heavy atom. The average Bonchev–Trinajstić information content (AvgIpc) is 1.73. The maximum absolute atomic E-state index is 14.6. The number of hydrogen-bond donors (Lipinski definition) is 8. The van der Waals surface area contributed by atoms with Gasteiger partial charge in [0.2, 0.25) is 17.7 Å². The molecule has 92 heavy (non-hydrogen) atoms. The minimum absolute atomic E-state index is 0.00243. The number of hydrogen-bond acceptors (Lipinski definition) is 23. The number of rotatable bonds is 13. The lowest BCUT2D eigenvalue weighted by Gasteiger charge is -2.33. The van der Waals surface area contributed by atoms with Crippen LogP contribution in [-0.4, -0.2) is 124 Å². The summed E-state index contributed by atoms with van der Waals surface area (Å²) in [6, 6.07) is 8.89. The number of carboxylic acids is 2. The Hall–Kier alpha value is -8.17. The van der Waals surface area contributed by atoms with Crippen LogP contribution in [-0.2, 0) is 35.3 Å². The minimum atomic E-state index is -1.31. The van der Waals surface area contributed by atoms with Crippen LogP contribution in [0.15, 0.2) is 64.0 Å². The molecule has 6 amide bonds. The summed E-state index contributed by atoms with van der Waals surface area (Å²) in [7, 11) is 2.93. The number of carbonyl (C=O) groups is 8. The van der Waals surface area contributed by atoms with E-state index in [0.29, 0.717) is 113 Å². The summed E-state index contributed by atoms with van der Waals surface area (Å²) in [6.07, 6.45) is 0.897. The number of aliphatic carboxylic acids is 2. The van der Waals surface area contributed by atoms with Gasteiger partial charge in [0.1, 0.15) is 82.2 Å². The van der Waals surface area contributed by atoms with Gasteiger partial charge in [-0.2, -0.15) is 0 Å². The molecule has 25 nitrogen and oxygen atoms in total. The number of fused-ring (bicyclic) bond motifs is 14. The van der Waals surface area contributed by atoms with Crippen molar-refractivity contribution in [3.05, 3.63) is 111 Å². The molecule has 8 heterocycles. The minimum Gasteiger partial charge on any atom is -0.481 e. The van der Waals surface area contributed by atoms with Gasteiger partial charge in [0.05, 0.1) is 54.1 Å². The van der Waals surface area contributed by atoms with Gasteiger partial charge in [-0.05, 0) is 75.5 Å². The Morgan fingerprint density at radius 1 is 0.652 bits per heavy atom. The number of aliphatic hydroxyl groups excluding tert-OH is 1. The number of ether oxygens (including phenoxy) is 1. The first-order valence-corrected chi connectivity index (χ1v) is 34.6. The predicted molar refractivity (Wildman–Crippen MR) is 346 cm³/mol. The zero-order valence-corrected chi connectivity index (χ0v) is 55.1. The summed E-state index contributed by atoms with van der Waals surface area (Å²) in [6.45, 7) is 4.91. The van der Waals surface area contributed by atoms with E-state index in [9.17, 15) is 53.7 Å². The highest BCUT2D eigenvalue weighted by Gasteiger charge is 2.41. The van der Waals surface area contributed by atoms with E-state index < -0.39 is 96.0 Å². The van der Waals surface area contributed by atoms with Gasteiger partial charge >= 0.3 is 11.9 Å². The fourth-order valence-electron chi connectivity index (χ4n) is 11.4. The molecule has 2 aliphatic carbocycles. The molecule has 0 radical (unpaired) electrons. The van der Waals surface area contributed by atoms with Crippen LogP contribution in [0.2, 0.25) is 0 Å². The first kappa shape index (κ1) is 65.3. The molecule has 6 atom stereocenters. The molecule has 11 rings (SSSR count). The molecule has 1 aromatic carbocycles. The van der Waals surface area contributed by atoms with Crippen molar-refractivity contribution in [1.82, 2.24) is 61.5 Å². The van der Waals surface area contributed by atoms with Gasteiger partial charge in [-0.1, -0.05) is 44.2 Å². The average molecular weight is 1360 g/mol. The molecule has 3 aliphatic rings. The highest BCUT2D eigenvalue weighted by Crippen LogP contribution is 2.43. The normalized spacial score (nSPS) is 20.9. The number of anilines is 1. The second-order valence-corrected chi connectivity index (χ2v) is 28.6. The molecule has 2 fully saturated rings. The van der Waals surface area contributed by atoms with Gasteiger partial charge in [0.25, 0.3) is 17.7 Å². The van der Waals surface area contributed by atoms with E-state index >= 15 is 0 Å². The first-order chi connectivity index (χ1) is 44.2. The number of methoxy groups -OCH3 is 1.